The molecule has 0 fully saturated rings. The molecule has 2 heterocycles. The second kappa shape index (κ2) is 4.66. The number of aromatic nitrogens is 2. The van der Waals surface area contributed by atoms with Crippen LogP contribution in [0.1, 0.15) is 10.5 Å². The van der Waals surface area contributed by atoms with Gasteiger partial charge in [-0.3, -0.25) is 9.20 Å². The zero-order chi connectivity index (χ0) is 12.4. The number of carbonyl (C=O) groups is 1. The summed E-state index contributed by atoms with van der Waals surface area (Å²) in [6.45, 7) is 0. The number of carbonyl (C=O) groups excluding carboxylic acids is 1. The van der Waals surface area contributed by atoms with E-state index in [-0.39, 0.29) is 0 Å². The summed E-state index contributed by atoms with van der Waals surface area (Å²) in [4.78, 5) is 16.8. The van der Waals surface area contributed by atoms with Crippen molar-refractivity contribution in [2.24, 2.45) is 0 Å². The molecule has 0 spiro atoms. The van der Waals surface area contributed by atoms with Crippen LogP contribution < -0.4 is 0 Å². The molecular weight excluding hydrogens is 244 g/mol. The van der Waals surface area contributed by atoms with Gasteiger partial charge in [0.1, 0.15) is 16.4 Å². The van der Waals surface area contributed by atoms with E-state index in [1.165, 1.54) is 11.8 Å². The zero-order valence-electron chi connectivity index (χ0n) is 9.48. The summed E-state index contributed by atoms with van der Waals surface area (Å²) in [5.41, 5.74) is 1.39. The van der Waals surface area contributed by atoms with Crippen molar-refractivity contribution in [1.29, 1.82) is 0 Å². The fourth-order valence-electron chi connectivity index (χ4n) is 1.78. The maximum Gasteiger partial charge on any atom is 0.169 e. The van der Waals surface area contributed by atoms with E-state index >= 15 is 0 Å². The standard InChI is InChI=1S/C14H10N2OS/c17-10-12-14(18-11-6-2-1-3-7-11)15-13-8-4-5-9-16(12)13/h1-10H. The minimum Gasteiger partial charge on any atom is -0.296 e. The van der Waals surface area contributed by atoms with Gasteiger partial charge in [0.25, 0.3) is 0 Å². The van der Waals surface area contributed by atoms with Gasteiger partial charge in [0.05, 0.1) is 0 Å². The van der Waals surface area contributed by atoms with Crippen LogP contribution in [0.4, 0.5) is 0 Å². The molecule has 3 rings (SSSR count). The number of fused-ring (bicyclic) bond motifs is 1. The summed E-state index contributed by atoms with van der Waals surface area (Å²) in [5.74, 6) is 0. The van der Waals surface area contributed by atoms with E-state index in [1.54, 1.807) is 4.40 Å². The molecule has 2 aromatic heterocycles. The van der Waals surface area contributed by atoms with Gasteiger partial charge in [-0.25, -0.2) is 4.98 Å². The van der Waals surface area contributed by atoms with Crippen molar-refractivity contribution in [2.45, 2.75) is 9.92 Å². The normalized spacial score (nSPS) is 10.7. The van der Waals surface area contributed by atoms with Crippen molar-refractivity contribution in [3.63, 3.8) is 0 Å². The Balaban J connectivity index is 2.09. The lowest BCUT2D eigenvalue weighted by Crippen LogP contribution is -1.90. The van der Waals surface area contributed by atoms with Crippen LogP contribution in [0.5, 0.6) is 0 Å². The topological polar surface area (TPSA) is 34.4 Å². The zero-order valence-corrected chi connectivity index (χ0v) is 10.3. The van der Waals surface area contributed by atoms with Crippen molar-refractivity contribution in [3.8, 4) is 0 Å². The molecule has 0 unspecified atom stereocenters. The second-order valence-electron chi connectivity index (χ2n) is 3.76. The van der Waals surface area contributed by atoms with Gasteiger partial charge < -0.3 is 0 Å². The Bertz CT molecular complexity index is 691. The highest BCUT2D eigenvalue weighted by Gasteiger charge is 2.11. The summed E-state index contributed by atoms with van der Waals surface area (Å²) >= 11 is 1.50. The fraction of sp³-hybridized carbons (Fsp3) is 0. The summed E-state index contributed by atoms with van der Waals surface area (Å²) in [5, 5.41) is 0.738. The number of imidazole rings is 1. The van der Waals surface area contributed by atoms with Gasteiger partial charge in [-0.2, -0.15) is 0 Å². The van der Waals surface area contributed by atoms with Crippen molar-refractivity contribution in [2.75, 3.05) is 0 Å². The van der Waals surface area contributed by atoms with E-state index in [0.717, 1.165) is 21.9 Å². The van der Waals surface area contributed by atoms with Crippen LogP contribution in [0.25, 0.3) is 5.65 Å². The van der Waals surface area contributed by atoms with Crippen LogP contribution in [0, 0.1) is 0 Å². The molecule has 0 bridgehead atoms. The van der Waals surface area contributed by atoms with Gasteiger partial charge >= 0.3 is 0 Å². The molecule has 0 aliphatic heterocycles. The number of hydrogen-bond acceptors (Lipinski definition) is 3. The van der Waals surface area contributed by atoms with Crippen LogP contribution in [-0.4, -0.2) is 15.7 Å². The first-order valence-corrected chi connectivity index (χ1v) is 6.35. The first kappa shape index (κ1) is 11.0. The highest BCUT2D eigenvalue weighted by molar-refractivity contribution is 7.99. The molecule has 3 nitrogen and oxygen atoms in total. The van der Waals surface area contributed by atoms with Crippen molar-refractivity contribution >= 4 is 23.7 Å². The van der Waals surface area contributed by atoms with Crippen LogP contribution in [0.3, 0.4) is 0 Å². The predicted molar refractivity (Wildman–Crippen MR) is 71.1 cm³/mol. The molecule has 0 radical (unpaired) electrons. The molecule has 0 aliphatic rings. The minimum absolute atomic E-state index is 0.597. The average molecular weight is 254 g/mol. The van der Waals surface area contributed by atoms with E-state index in [4.69, 9.17) is 0 Å². The lowest BCUT2D eigenvalue weighted by Gasteiger charge is -1.98. The Morgan fingerprint density at radius 3 is 2.61 bits per heavy atom. The van der Waals surface area contributed by atoms with Crippen LogP contribution in [-0.2, 0) is 0 Å². The molecule has 18 heavy (non-hydrogen) atoms. The van der Waals surface area contributed by atoms with E-state index in [9.17, 15) is 4.79 Å². The Kier molecular flexibility index (Phi) is 2.86. The summed E-state index contributed by atoms with van der Waals surface area (Å²) in [6, 6.07) is 15.6. The van der Waals surface area contributed by atoms with E-state index in [0.29, 0.717) is 5.69 Å². The minimum atomic E-state index is 0.597. The molecule has 0 atom stereocenters. The molecule has 3 aromatic rings. The summed E-state index contributed by atoms with van der Waals surface area (Å²) in [7, 11) is 0. The first-order valence-electron chi connectivity index (χ1n) is 5.53. The largest absolute Gasteiger partial charge is 0.296 e. The van der Waals surface area contributed by atoms with Gasteiger partial charge in [0.15, 0.2) is 6.29 Å². The van der Waals surface area contributed by atoms with Gasteiger partial charge in [-0.05, 0) is 24.3 Å². The van der Waals surface area contributed by atoms with Crippen molar-refractivity contribution < 1.29 is 4.79 Å². The van der Waals surface area contributed by atoms with Crippen LogP contribution in [0.2, 0.25) is 0 Å². The van der Waals surface area contributed by atoms with Crippen molar-refractivity contribution in [1.82, 2.24) is 9.38 Å². The molecule has 0 saturated carbocycles. The third kappa shape index (κ3) is 1.91. The first-order chi connectivity index (χ1) is 8.88. The molecule has 0 saturated heterocycles. The number of benzene rings is 1. The Morgan fingerprint density at radius 2 is 1.83 bits per heavy atom. The third-order valence-corrected chi connectivity index (χ3v) is 3.60. The van der Waals surface area contributed by atoms with Gasteiger partial charge in [-0.15, -0.1) is 0 Å². The second-order valence-corrected chi connectivity index (χ2v) is 4.83. The molecule has 1 aromatic carbocycles. The Hall–Kier alpha value is -2.07. The van der Waals surface area contributed by atoms with E-state index in [2.05, 4.69) is 4.98 Å². The third-order valence-electron chi connectivity index (χ3n) is 2.60. The SMILES string of the molecule is O=Cc1c(Sc2ccccc2)nc2ccccn12. The van der Waals surface area contributed by atoms with Gasteiger partial charge in [0, 0.05) is 11.1 Å². The molecule has 0 aliphatic carbocycles. The lowest BCUT2D eigenvalue weighted by molar-refractivity contribution is 0.111. The molecule has 4 heteroatoms. The monoisotopic (exact) mass is 254 g/mol. The van der Waals surface area contributed by atoms with E-state index < -0.39 is 0 Å². The number of aldehydes is 1. The highest BCUT2D eigenvalue weighted by Crippen LogP contribution is 2.29. The number of nitrogens with zero attached hydrogens (tertiary/aromatic N) is 2. The average Bonchev–Trinajstić information content (AvgIpc) is 2.77. The number of rotatable bonds is 3. The van der Waals surface area contributed by atoms with Crippen LogP contribution >= 0.6 is 11.8 Å². The van der Waals surface area contributed by atoms with Crippen LogP contribution in [0.15, 0.2) is 64.6 Å². The highest BCUT2D eigenvalue weighted by atomic mass is 32.2. The number of hydrogen-bond donors (Lipinski definition) is 0. The lowest BCUT2D eigenvalue weighted by atomic mass is 10.4. The summed E-state index contributed by atoms with van der Waals surface area (Å²) < 4.78 is 1.80. The van der Waals surface area contributed by atoms with Gasteiger partial charge in [0.2, 0.25) is 0 Å². The smallest absolute Gasteiger partial charge is 0.169 e. The predicted octanol–water partition coefficient (Wildman–Crippen LogP) is 3.30. The van der Waals surface area contributed by atoms with Gasteiger partial charge in [-0.1, -0.05) is 36.0 Å². The Morgan fingerprint density at radius 1 is 1.06 bits per heavy atom. The number of pyridine rings is 1. The van der Waals surface area contributed by atoms with E-state index in [1.807, 2.05) is 54.7 Å². The molecule has 88 valence electrons. The Labute approximate surface area is 108 Å². The molecular formula is C14H10N2OS. The molecule has 0 N–H and O–H groups in total. The maximum absolute atomic E-state index is 11.2. The van der Waals surface area contributed by atoms with Crippen molar-refractivity contribution in [3.05, 3.63) is 60.4 Å². The molecule has 0 amide bonds. The quantitative estimate of drug-likeness (QED) is 0.673. The fourth-order valence-corrected chi connectivity index (χ4v) is 2.68. The maximum atomic E-state index is 11.2. The summed E-state index contributed by atoms with van der Waals surface area (Å²) in [6.07, 6.45) is 2.70.